The Morgan fingerprint density at radius 3 is 2.93 bits per heavy atom. The standard InChI is InChI=1S/C21H26N2O4/c1-3-13-11-23-9-8-21(16-6-4-5-7-17(16)22-20(21)26)18(23)10-14(13)15(12-27-2)19(24)25/h4-7,12-14,18H,3,8-11H2,1-2H3,(H,22,26)(H,24,25)/b15-12+/t13-,14-,18-,21+/m0/s1. The minimum Gasteiger partial charge on any atom is -0.504 e. The number of nitrogens with one attached hydrogen (secondary N) is 1. The zero-order valence-electron chi connectivity index (χ0n) is 15.8. The van der Waals surface area contributed by atoms with Crippen LogP contribution < -0.4 is 5.32 Å². The Bertz CT molecular complexity index is 805. The number of carbonyl (C=O) groups excluding carboxylic acids is 1. The number of methoxy groups -OCH3 is 1. The van der Waals surface area contributed by atoms with Crippen LogP contribution in [0.15, 0.2) is 36.1 Å². The number of carboxylic acid groups (broad SMARTS) is 1. The van der Waals surface area contributed by atoms with Crippen molar-refractivity contribution in [2.24, 2.45) is 11.8 Å². The van der Waals surface area contributed by atoms with Crippen LogP contribution in [0.1, 0.15) is 31.7 Å². The molecule has 0 radical (unpaired) electrons. The van der Waals surface area contributed by atoms with E-state index in [1.165, 1.54) is 13.4 Å². The average molecular weight is 370 g/mol. The first-order valence-corrected chi connectivity index (χ1v) is 9.64. The summed E-state index contributed by atoms with van der Waals surface area (Å²) in [6, 6.07) is 7.92. The van der Waals surface area contributed by atoms with Crippen LogP contribution in [0.25, 0.3) is 0 Å². The highest BCUT2D eigenvalue weighted by Crippen LogP contribution is 2.53. The second-order valence-corrected chi connectivity index (χ2v) is 7.86. The molecule has 1 aromatic rings. The van der Waals surface area contributed by atoms with Gasteiger partial charge in [0.2, 0.25) is 5.91 Å². The highest BCUT2D eigenvalue weighted by Gasteiger charge is 2.60. The molecule has 0 aliphatic carbocycles. The third-order valence-electron chi connectivity index (χ3n) is 6.79. The molecule has 2 fully saturated rings. The fraction of sp³-hybridized carbons (Fsp3) is 0.524. The second kappa shape index (κ2) is 6.68. The van der Waals surface area contributed by atoms with Crippen LogP contribution in [0, 0.1) is 11.8 Å². The first-order valence-electron chi connectivity index (χ1n) is 9.64. The minimum absolute atomic E-state index is 0.00792. The number of fused-ring (bicyclic) bond motifs is 4. The van der Waals surface area contributed by atoms with Crippen LogP contribution >= 0.6 is 0 Å². The van der Waals surface area contributed by atoms with E-state index in [4.69, 9.17) is 4.74 Å². The van der Waals surface area contributed by atoms with Crippen LogP contribution in [0.2, 0.25) is 0 Å². The molecule has 27 heavy (non-hydrogen) atoms. The van der Waals surface area contributed by atoms with Crippen molar-refractivity contribution >= 4 is 17.6 Å². The van der Waals surface area contributed by atoms with Gasteiger partial charge in [-0.25, -0.2) is 4.79 Å². The molecular weight excluding hydrogens is 344 g/mol. The lowest BCUT2D eigenvalue weighted by Crippen LogP contribution is -2.53. The molecule has 6 nitrogen and oxygen atoms in total. The number of hydrogen-bond acceptors (Lipinski definition) is 4. The molecule has 2 saturated heterocycles. The molecule has 0 unspecified atom stereocenters. The number of para-hydroxylation sites is 1. The zero-order chi connectivity index (χ0) is 19.2. The molecule has 3 heterocycles. The number of carbonyl (C=O) groups is 2. The SMILES string of the molecule is CC[C@H]1CN2CC[C@]3(C(=O)Nc4ccccc43)[C@@H]2C[C@@H]1/C(=C\OC)C(=O)O. The van der Waals surface area contributed by atoms with Crippen LogP contribution in [-0.4, -0.2) is 48.1 Å². The van der Waals surface area contributed by atoms with Gasteiger partial charge in [0.1, 0.15) is 0 Å². The number of rotatable bonds is 4. The van der Waals surface area contributed by atoms with Crippen molar-refractivity contribution in [1.29, 1.82) is 0 Å². The van der Waals surface area contributed by atoms with E-state index in [0.29, 0.717) is 12.0 Å². The second-order valence-electron chi connectivity index (χ2n) is 7.86. The maximum Gasteiger partial charge on any atom is 0.334 e. The van der Waals surface area contributed by atoms with Gasteiger partial charge in [-0.1, -0.05) is 31.5 Å². The maximum absolute atomic E-state index is 13.1. The summed E-state index contributed by atoms with van der Waals surface area (Å²) in [4.78, 5) is 27.4. The first-order chi connectivity index (χ1) is 13.0. The maximum atomic E-state index is 13.1. The number of aliphatic carboxylic acids is 1. The van der Waals surface area contributed by atoms with Gasteiger partial charge < -0.3 is 15.2 Å². The van der Waals surface area contributed by atoms with E-state index < -0.39 is 11.4 Å². The number of hydrogen-bond donors (Lipinski definition) is 2. The van der Waals surface area contributed by atoms with Crippen molar-refractivity contribution in [3.05, 3.63) is 41.7 Å². The fourth-order valence-corrected chi connectivity index (χ4v) is 5.52. The van der Waals surface area contributed by atoms with Crippen molar-refractivity contribution in [2.45, 2.75) is 37.6 Å². The Labute approximate surface area is 159 Å². The lowest BCUT2D eigenvalue weighted by Gasteiger charge is -2.44. The lowest BCUT2D eigenvalue weighted by molar-refractivity contribution is -0.134. The molecule has 1 aromatic carbocycles. The Morgan fingerprint density at radius 2 is 2.22 bits per heavy atom. The number of amides is 1. The number of ether oxygens (including phenoxy) is 1. The molecule has 4 rings (SSSR count). The molecule has 4 atom stereocenters. The molecular formula is C21H26N2O4. The van der Waals surface area contributed by atoms with Gasteiger partial charge in [-0.05, 0) is 42.9 Å². The van der Waals surface area contributed by atoms with E-state index in [9.17, 15) is 14.7 Å². The van der Waals surface area contributed by atoms with Crippen molar-refractivity contribution in [2.75, 3.05) is 25.5 Å². The highest BCUT2D eigenvalue weighted by atomic mass is 16.5. The normalized spacial score (nSPS) is 32.9. The molecule has 1 spiro atoms. The summed E-state index contributed by atoms with van der Waals surface area (Å²) in [5.74, 6) is -0.757. The molecule has 0 saturated carbocycles. The Balaban J connectivity index is 1.75. The minimum atomic E-state index is -0.933. The summed E-state index contributed by atoms with van der Waals surface area (Å²) < 4.78 is 5.08. The number of nitrogens with zero attached hydrogens (tertiary/aromatic N) is 1. The summed E-state index contributed by atoms with van der Waals surface area (Å²) in [7, 11) is 1.48. The smallest absolute Gasteiger partial charge is 0.334 e. The molecule has 3 aliphatic heterocycles. The largest absolute Gasteiger partial charge is 0.504 e. The summed E-state index contributed by atoms with van der Waals surface area (Å²) in [5, 5.41) is 12.8. The van der Waals surface area contributed by atoms with Gasteiger partial charge in [0.05, 0.1) is 24.4 Å². The number of carboxylic acids is 1. The monoisotopic (exact) mass is 370 g/mol. The molecule has 1 amide bonds. The van der Waals surface area contributed by atoms with E-state index in [2.05, 4.69) is 17.1 Å². The van der Waals surface area contributed by atoms with Crippen molar-refractivity contribution in [3.63, 3.8) is 0 Å². The fourth-order valence-electron chi connectivity index (χ4n) is 5.52. The highest BCUT2D eigenvalue weighted by molar-refractivity contribution is 6.07. The Morgan fingerprint density at radius 1 is 1.44 bits per heavy atom. The number of piperidine rings is 1. The zero-order valence-corrected chi connectivity index (χ0v) is 15.8. The molecule has 144 valence electrons. The van der Waals surface area contributed by atoms with E-state index in [0.717, 1.165) is 37.2 Å². The van der Waals surface area contributed by atoms with Crippen LogP contribution in [0.4, 0.5) is 5.69 Å². The molecule has 2 N–H and O–H groups in total. The van der Waals surface area contributed by atoms with Crippen molar-refractivity contribution < 1.29 is 19.4 Å². The predicted molar refractivity (Wildman–Crippen MR) is 101 cm³/mol. The molecule has 6 heteroatoms. The van der Waals surface area contributed by atoms with Gasteiger partial charge in [0.25, 0.3) is 0 Å². The van der Waals surface area contributed by atoms with Gasteiger partial charge in [0, 0.05) is 18.3 Å². The van der Waals surface area contributed by atoms with Gasteiger partial charge in [-0.15, -0.1) is 0 Å². The van der Waals surface area contributed by atoms with E-state index in [-0.39, 0.29) is 23.8 Å². The summed E-state index contributed by atoms with van der Waals surface area (Å²) in [5.41, 5.74) is 1.69. The van der Waals surface area contributed by atoms with Crippen molar-refractivity contribution in [1.82, 2.24) is 4.90 Å². The van der Waals surface area contributed by atoms with E-state index >= 15 is 0 Å². The summed E-state index contributed by atoms with van der Waals surface area (Å²) in [6.45, 7) is 3.79. The lowest BCUT2D eigenvalue weighted by atomic mass is 9.67. The molecule has 0 bridgehead atoms. The quantitative estimate of drug-likeness (QED) is 0.629. The first kappa shape index (κ1) is 18.0. The Kier molecular flexibility index (Phi) is 4.46. The van der Waals surface area contributed by atoms with E-state index in [1.54, 1.807) is 0 Å². The topological polar surface area (TPSA) is 78.9 Å². The van der Waals surface area contributed by atoms with Crippen LogP contribution in [0.3, 0.4) is 0 Å². The molecule has 3 aliphatic rings. The molecule has 0 aromatic heterocycles. The van der Waals surface area contributed by atoms with Crippen LogP contribution in [-0.2, 0) is 19.7 Å². The van der Waals surface area contributed by atoms with E-state index in [1.807, 2.05) is 24.3 Å². The van der Waals surface area contributed by atoms with Gasteiger partial charge in [-0.3, -0.25) is 9.69 Å². The third kappa shape index (κ3) is 2.57. The predicted octanol–water partition coefficient (Wildman–Crippen LogP) is 2.61. The average Bonchev–Trinajstić information content (AvgIpc) is 3.18. The van der Waals surface area contributed by atoms with Crippen LogP contribution in [0.5, 0.6) is 0 Å². The van der Waals surface area contributed by atoms with Crippen molar-refractivity contribution in [3.8, 4) is 0 Å². The van der Waals surface area contributed by atoms with Gasteiger partial charge in [-0.2, -0.15) is 0 Å². The Hall–Kier alpha value is -2.34. The summed E-state index contributed by atoms with van der Waals surface area (Å²) >= 11 is 0. The van der Waals surface area contributed by atoms with Gasteiger partial charge in [0.15, 0.2) is 0 Å². The summed E-state index contributed by atoms with van der Waals surface area (Å²) in [6.07, 6.45) is 3.70. The number of anilines is 1. The third-order valence-corrected chi connectivity index (χ3v) is 6.79. The van der Waals surface area contributed by atoms with Gasteiger partial charge >= 0.3 is 5.97 Å². The number of benzene rings is 1.